The van der Waals surface area contributed by atoms with Gasteiger partial charge in [0, 0.05) is 18.4 Å². The van der Waals surface area contributed by atoms with Gasteiger partial charge in [0.25, 0.3) is 0 Å². The van der Waals surface area contributed by atoms with Gasteiger partial charge >= 0.3 is 0 Å². The fourth-order valence-corrected chi connectivity index (χ4v) is 1.50. The van der Waals surface area contributed by atoms with Crippen LogP contribution in [0, 0.1) is 11.8 Å². The number of hydrogen-bond donors (Lipinski definition) is 1. The van der Waals surface area contributed by atoms with Gasteiger partial charge in [-0.05, 0) is 19.8 Å². The Morgan fingerprint density at radius 2 is 2.00 bits per heavy atom. The molecule has 88 valence electrons. The maximum Gasteiger partial charge on any atom is 0.222 e. The molecule has 4 heteroatoms. The molecular formula is C11H20FNO2. The van der Waals surface area contributed by atoms with E-state index in [4.69, 9.17) is 0 Å². The number of carbonyl (C=O) groups is 2. The average Bonchev–Trinajstić information content (AvgIpc) is 2.21. The molecule has 2 unspecified atom stereocenters. The van der Waals surface area contributed by atoms with Crippen LogP contribution in [0.2, 0.25) is 0 Å². The Kier molecular flexibility index (Phi) is 6.92. The highest BCUT2D eigenvalue weighted by Crippen LogP contribution is 2.16. The number of rotatable bonds is 7. The predicted octanol–water partition coefficient (Wildman–Crippen LogP) is 1.71. The molecule has 0 saturated heterocycles. The van der Waals surface area contributed by atoms with Gasteiger partial charge in [0.05, 0.1) is 0 Å². The normalized spacial score (nSPS) is 14.4. The lowest BCUT2D eigenvalue weighted by atomic mass is 9.90. The van der Waals surface area contributed by atoms with E-state index in [-0.39, 0.29) is 30.1 Å². The van der Waals surface area contributed by atoms with E-state index in [9.17, 15) is 14.0 Å². The van der Waals surface area contributed by atoms with E-state index >= 15 is 0 Å². The van der Waals surface area contributed by atoms with Crippen LogP contribution in [0.3, 0.4) is 0 Å². The molecule has 15 heavy (non-hydrogen) atoms. The van der Waals surface area contributed by atoms with Crippen molar-refractivity contribution in [3.05, 3.63) is 0 Å². The molecule has 1 N–H and O–H groups in total. The van der Waals surface area contributed by atoms with Gasteiger partial charge < -0.3 is 5.32 Å². The molecule has 0 heterocycles. The van der Waals surface area contributed by atoms with Crippen molar-refractivity contribution in [3.8, 4) is 0 Å². The molecule has 3 nitrogen and oxygen atoms in total. The van der Waals surface area contributed by atoms with E-state index in [1.807, 2.05) is 6.92 Å². The molecule has 0 radical (unpaired) electrons. The Balaban J connectivity index is 4.04. The molecule has 0 aliphatic heterocycles. The zero-order chi connectivity index (χ0) is 11.8. The number of halogens is 1. The molecule has 0 spiro atoms. The Morgan fingerprint density at radius 1 is 1.40 bits per heavy atom. The molecule has 2 atom stereocenters. The summed E-state index contributed by atoms with van der Waals surface area (Å²) >= 11 is 0. The number of ketones is 1. The van der Waals surface area contributed by atoms with Crippen LogP contribution in [0.25, 0.3) is 0 Å². The van der Waals surface area contributed by atoms with Crippen molar-refractivity contribution in [2.24, 2.45) is 11.8 Å². The summed E-state index contributed by atoms with van der Waals surface area (Å²) in [4.78, 5) is 22.5. The smallest absolute Gasteiger partial charge is 0.222 e. The van der Waals surface area contributed by atoms with E-state index in [0.717, 1.165) is 6.42 Å². The quantitative estimate of drug-likeness (QED) is 0.705. The molecule has 0 saturated carbocycles. The van der Waals surface area contributed by atoms with Crippen LogP contribution in [0.15, 0.2) is 0 Å². The summed E-state index contributed by atoms with van der Waals surface area (Å²) in [7, 11) is 0. The molecule has 0 fully saturated rings. The number of Topliss-reactive ketones (excluding diaryl/α,β-unsaturated/α-hetero) is 1. The lowest BCUT2D eigenvalue weighted by molar-refractivity contribution is -0.126. The maximum atomic E-state index is 11.8. The Morgan fingerprint density at radius 3 is 2.40 bits per heavy atom. The lowest BCUT2D eigenvalue weighted by Crippen LogP contribution is -2.32. The molecule has 0 aromatic carbocycles. The van der Waals surface area contributed by atoms with Gasteiger partial charge in [0.15, 0.2) is 0 Å². The van der Waals surface area contributed by atoms with E-state index in [1.165, 1.54) is 0 Å². The summed E-state index contributed by atoms with van der Waals surface area (Å²) in [6.45, 7) is 4.74. The number of alkyl halides is 1. The van der Waals surface area contributed by atoms with E-state index in [2.05, 4.69) is 5.32 Å². The Hall–Kier alpha value is -0.930. The third-order valence-electron chi connectivity index (χ3n) is 2.55. The molecular weight excluding hydrogens is 197 g/mol. The second-order valence-electron chi connectivity index (χ2n) is 3.83. The number of hydrogen-bond acceptors (Lipinski definition) is 2. The lowest BCUT2D eigenvalue weighted by Gasteiger charge is -2.16. The van der Waals surface area contributed by atoms with Gasteiger partial charge in [-0.25, -0.2) is 4.39 Å². The minimum absolute atomic E-state index is 0.0556. The number of amides is 1. The SMILES string of the molecule is CCC(CC(C)C(=O)NCCF)C(C)=O. The van der Waals surface area contributed by atoms with Crippen molar-refractivity contribution in [2.45, 2.75) is 33.6 Å². The van der Waals surface area contributed by atoms with Crippen LogP contribution < -0.4 is 5.32 Å². The highest BCUT2D eigenvalue weighted by molar-refractivity contribution is 5.81. The van der Waals surface area contributed by atoms with Gasteiger partial charge in [0.1, 0.15) is 12.5 Å². The van der Waals surface area contributed by atoms with Crippen LogP contribution >= 0.6 is 0 Å². The summed E-state index contributed by atoms with van der Waals surface area (Å²) in [5.41, 5.74) is 0. The largest absolute Gasteiger partial charge is 0.353 e. The first-order valence-electron chi connectivity index (χ1n) is 5.37. The standard InChI is InChI=1S/C11H20FNO2/c1-4-10(9(3)14)7-8(2)11(15)13-6-5-12/h8,10H,4-7H2,1-3H3,(H,13,15). The van der Waals surface area contributed by atoms with Crippen LogP contribution in [0.4, 0.5) is 4.39 Å². The molecule has 0 aliphatic rings. The summed E-state index contributed by atoms with van der Waals surface area (Å²) in [5.74, 6) is -0.350. The minimum Gasteiger partial charge on any atom is -0.353 e. The van der Waals surface area contributed by atoms with Crippen molar-refractivity contribution in [2.75, 3.05) is 13.2 Å². The highest BCUT2D eigenvalue weighted by Gasteiger charge is 2.20. The van der Waals surface area contributed by atoms with Crippen LogP contribution in [-0.2, 0) is 9.59 Å². The molecule has 1 amide bonds. The van der Waals surface area contributed by atoms with Gasteiger partial charge in [-0.1, -0.05) is 13.8 Å². The van der Waals surface area contributed by atoms with Gasteiger partial charge in [-0.3, -0.25) is 9.59 Å². The molecule has 0 aromatic heterocycles. The van der Waals surface area contributed by atoms with E-state index < -0.39 is 6.67 Å². The summed E-state index contributed by atoms with van der Waals surface area (Å²) < 4.78 is 11.8. The molecule has 0 bridgehead atoms. The predicted molar refractivity (Wildman–Crippen MR) is 57.2 cm³/mol. The van der Waals surface area contributed by atoms with Gasteiger partial charge in [-0.15, -0.1) is 0 Å². The van der Waals surface area contributed by atoms with Gasteiger partial charge in [-0.2, -0.15) is 0 Å². The zero-order valence-electron chi connectivity index (χ0n) is 9.68. The highest BCUT2D eigenvalue weighted by atomic mass is 19.1. The first-order chi connectivity index (χ1) is 7.02. The summed E-state index contributed by atoms with van der Waals surface area (Å²) in [5, 5.41) is 2.48. The van der Waals surface area contributed by atoms with Crippen LogP contribution in [0.1, 0.15) is 33.6 Å². The van der Waals surface area contributed by atoms with E-state index in [1.54, 1.807) is 13.8 Å². The van der Waals surface area contributed by atoms with Crippen molar-refractivity contribution in [1.82, 2.24) is 5.32 Å². The van der Waals surface area contributed by atoms with Crippen molar-refractivity contribution >= 4 is 11.7 Å². The van der Waals surface area contributed by atoms with Crippen molar-refractivity contribution in [3.63, 3.8) is 0 Å². The maximum absolute atomic E-state index is 11.8. The molecule has 0 aromatic rings. The molecule has 0 rings (SSSR count). The zero-order valence-corrected chi connectivity index (χ0v) is 9.68. The molecule has 0 aliphatic carbocycles. The summed E-state index contributed by atoms with van der Waals surface area (Å²) in [6, 6.07) is 0. The number of carbonyl (C=O) groups excluding carboxylic acids is 2. The second kappa shape index (κ2) is 7.37. The second-order valence-corrected chi connectivity index (χ2v) is 3.83. The minimum atomic E-state index is -0.553. The Labute approximate surface area is 90.4 Å². The fourth-order valence-electron chi connectivity index (χ4n) is 1.50. The van der Waals surface area contributed by atoms with Crippen molar-refractivity contribution in [1.29, 1.82) is 0 Å². The average molecular weight is 217 g/mol. The number of nitrogens with one attached hydrogen (secondary N) is 1. The van der Waals surface area contributed by atoms with Crippen LogP contribution in [0.5, 0.6) is 0 Å². The summed E-state index contributed by atoms with van der Waals surface area (Å²) in [6.07, 6.45) is 1.29. The third-order valence-corrected chi connectivity index (χ3v) is 2.55. The first kappa shape index (κ1) is 14.1. The fraction of sp³-hybridized carbons (Fsp3) is 0.818. The third kappa shape index (κ3) is 5.50. The Bertz CT molecular complexity index is 219. The first-order valence-corrected chi connectivity index (χ1v) is 5.37. The van der Waals surface area contributed by atoms with Gasteiger partial charge in [0.2, 0.25) is 5.91 Å². The monoisotopic (exact) mass is 217 g/mol. The van der Waals surface area contributed by atoms with Crippen molar-refractivity contribution < 1.29 is 14.0 Å². The van der Waals surface area contributed by atoms with E-state index in [0.29, 0.717) is 6.42 Å². The van der Waals surface area contributed by atoms with Crippen LogP contribution in [-0.4, -0.2) is 24.9 Å². The topological polar surface area (TPSA) is 46.2 Å².